The van der Waals surface area contributed by atoms with Gasteiger partial charge in [0.05, 0.1) is 30.0 Å². The fraction of sp³-hybridized carbons (Fsp3) is 0.0870. The molecule has 9 heteroatoms. The van der Waals surface area contributed by atoms with E-state index in [0.717, 1.165) is 33.2 Å². The molecule has 0 spiro atoms. The zero-order valence-electron chi connectivity index (χ0n) is 16.8. The second kappa shape index (κ2) is 7.95. The molecular formula is C23H18N6O3. The number of aromatic nitrogens is 6. The Labute approximate surface area is 181 Å². The third-order valence-electron chi connectivity index (χ3n) is 5.23. The summed E-state index contributed by atoms with van der Waals surface area (Å²) in [6.07, 6.45) is 7.14. The molecule has 32 heavy (non-hydrogen) atoms. The number of hydrogen-bond donors (Lipinski definition) is 3. The molecule has 2 aromatic carbocycles. The molecule has 0 aliphatic rings. The zero-order valence-corrected chi connectivity index (χ0v) is 16.8. The Balaban J connectivity index is 1.31. The molecule has 0 bridgehead atoms. The highest BCUT2D eigenvalue weighted by Crippen LogP contribution is 2.25. The molecular weight excluding hydrogens is 408 g/mol. The van der Waals surface area contributed by atoms with E-state index in [1.165, 1.54) is 0 Å². The van der Waals surface area contributed by atoms with Crippen molar-refractivity contribution in [2.75, 3.05) is 0 Å². The molecule has 9 nitrogen and oxygen atoms in total. The van der Waals surface area contributed by atoms with E-state index in [2.05, 4.69) is 25.5 Å². The summed E-state index contributed by atoms with van der Waals surface area (Å²) in [6.45, 7) is 0.414. The predicted octanol–water partition coefficient (Wildman–Crippen LogP) is 3.32. The second-order valence-electron chi connectivity index (χ2n) is 7.47. The smallest absolute Gasteiger partial charge is 0.335 e. The van der Waals surface area contributed by atoms with Gasteiger partial charge in [0.2, 0.25) is 0 Å². The number of rotatable bonds is 7. The van der Waals surface area contributed by atoms with Gasteiger partial charge in [-0.05, 0) is 41.0 Å². The molecule has 0 unspecified atom stereocenters. The van der Waals surface area contributed by atoms with Crippen molar-refractivity contribution < 1.29 is 14.7 Å². The first kappa shape index (κ1) is 19.4. The average Bonchev–Trinajstić information content (AvgIpc) is 3.54. The fourth-order valence-electron chi connectivity index (χ4n) is 3.66. The molecule has 0 aliphatic carbocycles. The number of carboxylic acid groups (broad SMARTS) is 1. The normalized spacial score (nSPS) is 11.1. The van der Waals surface area contributed by atoms with Crippen molar-refractivity contribution >= 4 is 22.7 Å². The Morgan fingerprint density at radius 2 is 1.94 bits per heavy atom. The van der Waals surface area contributed by atoms with Crippen molar-refractivity contribution in [3.05, 3.63) is 89.6 Å². The molecule has 3 aromatic heterocycles. The topological polar surface area (TPSA) is 130 Å². The van der Waals surface area contributed by atoms with E-state index in [4.69, 9.17) is 5.11 Å². The quantitative estimate of drug-likeness (QED) is 0.342. The van der Waals surface area contributed by atoms with E-state index in [9.17, 15) is 9.59 Å². The maximum Gasteiger partial charge on any atom is 0.335 e. The first-order chi connectivity index (χ1) is 15.6. The lowest BCUT2D eigenvalue weighted by molar-refractivity contribution is 0.0696. The van der Waals surface area contributed by atoms with Crippen LogP contribution < -0.4 is 0 Å². The van der Waals surface area contributed by atoms with Crippen LogP contribution in [0.3, 0.4) is 0 Å². The highest BCUT2D eigenvalue weighted by Gasteiger charge is 2.16. The SMILES string of the molecule is O=C(O)c1cccc(Cn2cc(CC(=O)c3n[nH]c4cc(-c5cn[nH]c5)ccc34)cn2)c1. The van der Waals surface area contributed by atoms with Crippen molar-refractivity contribution in [2.24, 2.45) is 0 Å². The number of carbonyl (C=O) groups excluding carboxylic acids is 1. The van der Waals surface area contributed by atoms with Gasteiger partial charge in [0.1, 0.15) is 5.69 Å². The predicted molar refractivity (Wildman–Crippen MR) is 116 cm³/mol. The number of aromatic carboxylic acids is 1. The zero-order chi connectivity index (χ0) is 22.1. The van der Waals surface area contributed by atoms with E-state index in [1.54, 1.807) is 47.7 Å². The van der Waals surface area contributed by atoms with E-state index in [-0.39, 0.29) is 17.8 Å². The number of carbonyl (C=O) groups is 2. The molecule has 5 rings (SSSR count). The van der Waals surface area contributed by atoms with Crippen molar-refractivity contribution in [3.8, 4) is 11.1 Å². The van der Waals surface area contributed by atoms with Crippen molar-refractivity contribution in [1.82, 2.24) is 30.2 Å². The van der Waals surface area contributed by atoms with Gasteiger partial charge in [-0.2, -0.15) is 15.3 Å². The van der Waals surface area contributed by atoms with Crippen LogP contribution in [-0.4, -0.2) is 47.0 Å². The Hall–Kier alpha value is -4.53. The van der Waals surface area contributed by atoms with Gasteiger partial charge in [0.15, 0.2) is 5.78 Å². The largest absolute Gasteiger partial charge is 0.478 e. The Morgan fingerprint density at radius 3 is 2.75 bits per heavy atom. The lowest BCUT2D eigenvalue weighted by Crippen LogP contribution is -2.05. The molecule has 3 heterocycles. The standard InChI is InChI=1S/C23H18N6O3/c30-21(22-19-5-4-16(8-20(19)27-28-22)18-10-24-25-11-18)7-15-9-26-29(13-15)12-14-2-1-3-17(6-14)23(31)32/h1-6,8-11,13H,7,12H2,(H,24,25)(H,27,28)(H,31,32). The minimum Gasteiger partial charge on any atom is -0.478 e. The molecule has 0 atom stereocenters. The van der Waals surface area contributed by atoms with Gasteiger partial charge in [-0.3, -0.25) is 19.7 Å². The number of ketones is 1. The molecule has 0 fully saturated rings. The Kier molecular flexibility index (Phi) is 4.83. The number of aromatic amines is 2. The van der Waals surface area contributed by atoms with Gasteiger partial charge in [0, 0.05) is 29.8 Å². The van der Waals surface area contributed by atoms with Crippen LogP contribution in [0.25, 0.3) is 22.0 Å². The molecule has 0 saturated heterocycles. The third kappa shape index (κ3) is 3.79. The Morgan fingerprint density at radius 1 is 1.03 bits per heavy atom. The minimum absolute atomic E-state index is 0.111. The number of nitrogens with zero attached hydrogens (tertiary/aromatic N) is 4. The number of carboxylic acids is 1. The number of fused-ring (bicyclic) bond motifs is 1. The number of benzene rings is 2. The van der Waals surface area contributed by atoms with Crippen LogP contribution in [0.5, 0.6) is 0 Å². The van der Waals surface area contributed by atoms with E-state index < -0.39 is 5.97 Å². The monoisotopic (exact) mass is 426 g/mol. The van der Waals surface area contributed by atoms with Crippen molar-refractivity contribution in [3.63, 3.8) is 0 Å². The summed E-state index contributed by atoms with van der Waals surface area (Å²) in [5.74, 6) is -1.08. The third-order valence-corrected chi connectivity index (χ3v) is 5.23. The van der Waals surface area contributed by atoms with Crippen LogP contribution in [0.1, 0.15) is 32.0 Å². The number of Topliss-reactive ketones (excluding diaryl/α,β-unsaturated/α-hetero) is 1. The van der Waals surface area contributed by atoms with Crippen LogP contribution in [0.15, 0.2) is 67.3 Å². The molecule has 3 N–H and O–H groups in total. The van der Waals surface area contributed by atoms with Crippen molar-refractivity contribution in [1.29, 1.82) is 0 Å². The first-order valence-corrected chi connectivity index (χ1v) is 9.91. The number of nitrogens with one attached hydrogen (secondary N) is 2. The number of hydrogen-bond acceptors (Lipinski definition) is 5. The van der Waals surface area contributed by atoms with E-state index >= 15 is 0 Å². The van der Waals surface area contributed by atoms with Crippen LogP contribution in [0, 0.1) is 0 Å². The summed E-state index contributed by atoms with van der Waals surface area (Å²) in [7, 11) is 0. The molecule has 0 saturated carbocycles. The van der Waals surface area contributed by atoms with E-state index in [0.29, 0.717) is 12.2 Å². The van der Waals surface area contributed by atoms with Gasteiger partial charge in [0.25, 0.3) is 0 Å². The van der Waals surface area contributed by atoms with Crippen LogP contribution >= 0.6 is 0 Å². The highest BCUT2D eigenvalue weighted by molar-refractivity contribution is 6.07. The summed E-state index contributed by atoms with van der Waals surface area (Å²) < 4.78 is 1.68. The second-order valence-corrected chi connectivity index (χ2v) is 7.47. The molecule has 0 aliphatic heterocycles. The van der Waals surface area contributed by atoms with Gasteiger partial charge >= 0.3 is 5.97 Å². The summed E-state index contributed by atoms with van der Waals surface area (Å²) in [6, 6.07) is 12.5. The van der Waals surface area contributed by atoms with Crippen LogP contribution in [-0.2, 0) is 13.0 Å². The molecule has 158 valence electrons. The van der Waals surface area contributed by atoms with Crippen LogP contribution in [0.4, 0.5) is 0 Å². The molecule has 0 radical (unpaired) electrons. The van der Waals surface area contributed by atoms with Gasteiger partial charge in [-0.25, -0.2) is 4.79 Å². The fourth-order valence-corrected chi connectivity index (χ4v) is 3.66. The highest BCUT2D eigenvalue weighted by atomic mass is 16.4. The van der Waals surface area contributed by atoms with Crippen LogP contribution in [0.2, 0.25) is 0 Å². The van der Waals surface area contributed by atoms with E-state index in [1.807, 2.05) is 24.3 Å². The number of H-pyrrole nitrogens is 2. The summed E-state index contributed by atoms with van der Waals surface area (Å²) in [5, 5.41) is 28.1. The summed E-state index contributed by atoms with van der Waals surface area (Å²) in [5.41, 5.74) is 4.90. The minimum atomic E-state index is -0.971. The first-order valence-electron chi connectivity index (χ1n) is 9.91. The average molecular weight is 426 g/mol. The molecule has 0 amide bonds. The summed E-state index contributed by atoms with van der Waals surface area (Å²) >= 11 is 0. The lowest BCUT2D eigenvalue weighted by atomic mass is 10.0. The lowest BCUT2D eigenvalue weighted by Gasteiger charge is -2.03. The Bertz CT molecular complexity index is 1430. The van der Waals surface area contributed by atoms with Gasteiger partial charge in [-0.1, -0.05) is 18.2 Å². The maximum atomic E-state index is 12.9. The molecule has 5 aromatic rings. The summed E-state index contributed by atoms with van der Waals surface area (Å²) in [4.78, 5) is 24.0. The van der Waals surface area contributed by atoms with Gasteiger partial charge in [-0.15, -0.1) is 0 Å². The van der Waals surface area contributed by atoms with Crippen molar-refractivity contribution in [2.45, 2.75) is 13.0 Å². The van der Waals surface area contributed by atoms with Gasteiger partial charge < -0.3 is 5.11 Å². The maximum absolute atomic E-state index is 12.9.